The lowest BCUT2D eigenvalue weighted by atomic mass is 9.98. The van der Waals surface area contributed by atoms with Crippen molar-refractivity contribution in [3.05, 3.63) is 71.4 Å². The fourth-order valence-electron chi connectivity index (χ4n) is 4.09. The molecule has 0 atom stereocenters. The Morgan fingerprint density at radius 2 is 1.87 bits per heavy atom. The number of rotatable bonds is 8. The Bertz CT molecular complexity index is 1540. The number of halogens is 4. The molecular formula is C25H23F4N9O. The van der Waals surface area contributed by atoms with Gasteiger partial charge in [-0.3, -0.25) is 0 Å². The largest absolute Gasteiger partial charge is 0.416 e. The zero-order valence-electron chi connectivity index (χ0n) is 20.3. The van der Waals surface area contributed by atoms with Crippen molar-refractivity contribution in [3.63, 3.8) is 0 Å². The summed E-state index contributed by atoms with van der Waals surface area (Å²) < 4.78 is 54.5. The van der Waals surface area contributed by atoms with Gasteiger partial charge in [0.25, 0.3) is 0 Å². The van der Waals surface area contributed by atoms with Crippen LogP contribution in [0.15, 0.2) is 48.8 Å². The summed E-state index contributed by atoms with van der Waals surface area (Å²) in [4.78, 5) is 16.5. The average molecular weight is 542 g/mol. The molecule has 0 radical (unpaired) electrons. The van der Waals surface area contributed by atoms with Crippen LogP contribution >= 0.6 is 0 Å². The SMILES string of the molecule is N#CCc1c(-c2ccc(NC(=O)Nc3cc(C(F)(F)F)ccc3F)cc2)c2c(N)ncnn2c1CNCCN. The topological polar surface area (TPSA) is 159 Å². The van der Waals surface area contributed by atoms with Gasteiger partial charge in [-0.2, -0.15) is 23.5 Å². The molecule has 4 aromatic rings. The number of hydrogen-bond acceptors (Lipinski definition) is 7. The van der Waals surface area contributed by atoms with Crippen molar-refractivity contribution in [2.75, 3.05) is 29.5 Å². The minimum atomic E-state index is -4.70. The van der Waals surface area contributed by atoms with E-state index in [1.807, 2.05) is 0 Å². The van der Waals surface area contributed by atoms with Crippen LogP contribution in [-0.2, 0) is 19.1 Å². The Morgan fingerprint density at radius 1 is 1.13 bits per heavy atom. The van der Waals surface area contributed by atoms with Crippen LogP contribution in [0.4, 0.5) is 39.5 Å². The molecule has 2 aromatic heterocycles. The van der Waals surface area contributed by atoms with Crippen LogP contribution in [0, 0.1) is 17.1 Å². The summed E-state index contributed by atoms with van der Waals surface area (Å²) in [6, 6.07) is 9.37. The second-order valence-corrected chi connectivity index (χ2v) is 8.36. The Labute approximate surface area is 219 Å². The predicted octanol–water partition coefficient (Wildman–Crippen LogP) is 3.89. The number of nitriles is 1. The number of nitrogens with zero attached hydrogens (tertiary/aromatic N) is 4. The van der Waals surface area contributed by atoms with E-state index in [0.717, 1.165) is 0 Å². The zero-order chi connectivity index (χ0) is 28.2. The molecule has 4 rings (SSSR count). The smallest absolute Gasteiger partial charge is 0.382 e. The van der Waals surface area contributed by atoms with E-state index in [-0.39, 0.29) is 17.9 Å². The average Bonchev–Trinajstić information content (AvgIpc) is 3.20. The van der Waals surface area contributed by atoms with Gasteiger partial charge in [-0.25, -0.2) is 18.7 Å². The first-order valence-corrected chi connectivity index (χ1v) is 11.6. The van der Waals surface area contributed by atoms with Crippen molar-refractivity contribution in [3.8, 4) is 17.2 Å². The number of benzene rings is 2. The van der Waals surface area contributed by atoms with Gasteiger partial charge in [0.1, 0.15) is 17.7 Å². The maximum Gasteiger partial charge on any atom is 0.416 e. The van der Waals surface area contributed by atoms with Crippen molar-refractivity contribution in [2.45, 2.75) is 19.1 Å². The summed E-state index contributed by atoms with van der Waals surface area (Å²) in [7, 11) is 0. The van der Waals surface area contributed by atoms with E-state index in [9.17, 15) is 27.6 Å². The fourth-order valence-corrected chi connectivity index (χ4v) is 4.09. The number of aromatic nitrogens is 3. The molecule has 0 aliphatic heterocycles. The normalized spacial score (nSPS) is 11.4. The van der Waals surface area contributed by atoms with Gasteiger partial charge in [0.05, 0.1) is 29.4 Å². The molecule has 2 amide bonds. The highest BCUT2D eigenvalue weighted by Crippen LogP contribution is 2.36. The number of fused-ring (bicyclic) bond motifs is 1. The van der Waals surface area contributed by atoms with Crippen LogP contribution in [0.1, 0.15) is 16.8 Å². The Morgan fingerprint density at radius 3 is 2.54 bits per heavy atom. The Hall–Kier alpha value is -4.74. The molecule has 2 heterocycles. The molecule has 0 aliphatic rings. The van der Waals surface area contributed by atoms with Crippen molar-refractivity contribution < 1.29 is 22.4 Å². The molecule has 39 heavy (non-hydrogen) atoms. The van der Waals surface area contributed by atoms with Crippen molar-refractivity contribution >= 4 is 28.7 Å². The summed E-state index contributed by atoms with van der Waals surface area (Å²) in [5, 5.41) is 21.6. The molecular weight excluding hydrogens is 518 g/mol. The second-order valence-electron chi connectivity index (χ2n) is 8.36. The van der Waals surface area contributed by atoms with Crippen LogP contribution in [-0.4, -0.2) is 33.7 Å². The first kappa shape index (κ1) is 27.3. The standard InChI is InChI=1S/C25H23F4N9O/c26-18-6-3-15(25(27,28)29)11-19(18)37-24(39)36-16-4-1-14(2-5-16)21-17(7-8-30)20(12-33-10-9-31)38-22(21)23(32)34-13-35-38/h1-6,11,13,33H,7,9-10,12,31H2,(H2,32,34,35)(H2,36,37,39). The first-order valence-electron chi connectivity index (χ1n) is 11.6. The maximum absolute atomic E-state index is 14.0. The van der Waals surface area contributed by atoms with Crippen molar-refractivity contribution in [2.24, 2.45) is 5.73 Å². The minimum Gasteiger partial charge on any atom is -0.382 e. The van der Waals surface area contributed by atoms with Crippen molar-refractivity contribution in [1.82, 2.24) is 19.9 Å². The highest BCUT2D eigenvalue weighted by molar-refractivity contribution is 6.00. The van der Waals surface area contributed by atoms with E-state index in [4.69, 9.17) is 11.5 Å². The van der Waals surface area contributed by atoms with Gasteiger partial charge in [0.15, 0.2) is 5.82 Å². The van der Waals surface area contributed by atoms with Gasteiger partial charge >= 0.3 is 12.2 Å². The molecule has 0 aliphatic carbocycles. The molecule has 0 spiro atoms. The number of anilines is 3. The number of carbonyl (C=O) groups is 1. The molecule has 14 heteroatoms. The first-order chi connectivity index (χ1) is 18.6. The number of carbonyl (C=O) groups excluding carboxylic acids is 1. The molecule has 2 aromatic carbocycles. The Balaban J connectivity index is 1.62. The molecule has 7 N–H and O–H groups in total. The zero-order valence-corrected chi connectivity index (χ0v) is 20.3. The summed E-state index contributed by atoms with van der Waals surface area (Å²) in [5.74, 6) is -0.815. The molecule has 0 saturated heterocycles. The molecule has 0 saturated carbocycles. The van der Waals surface area contributed by atoms with Gasteiger partial charge in [-0.05, 0) is 41.5 Å². The monoisotopic (exact) mass is 541 g/mol. The molecule has 0 unspecified atom stereocenters. The molecule has 202 valence electrons. The van der Waals surface area contributed by atoms with Gasteiger partial charge in [-0.1, -0.05) is 12.1 Å². The van der Waals surface area contributed by atoms with Gasteiger partial charge < -0.3 is 27.4 Å². The van der Waals surface area contributed by atoms with Crippen LogP contribution in [0.5, 0.6) is 0 Å². The summed E-state index contributed by atoms with van der Waals surface area (Å²) in [5.41, 5.74) is 13.5. The lowest BCUT2D eigenvalue weighted by Gasteiger charge is -2.12. The highest BCUT2D eigenvalue weighted by Gasteiger charge is 2.31. The number of urea groups is 1. The van der Waals surface area contributed by atoms with Crippen LogP contribution in [0.3, 0.4) is 0 Å². The van der Waals surface area contributed by atoms with E-state index in [0.29, 0.717) is 65.7 Å². The lowest BCUT2D eigenvalue weighted by Crippen LogP contribution is -2.23. The number of nitrogens with one attached hydrogen (secondary N) is 3. The fraction of sp³-hybridized carbons (Fsp3) is 0.200. The minimum absolute atomic E-state index is 0.0583. The number of amides is 2. The number of nitrogens with two attached hydrogens (primary N) is 2. The molecule has 0 fully saturated rings. The van der Waals surface area contributed by atoms with Gasteiger partial charge in [0, 0.05) is 30.9 Å². The van der Waals surface area contributed by atoms with Crippen molar-refractivity contribution in [1.29, 1.82) is 5.26 Å². The summed E-state index contributed by atoms with van der Waals surface area (Å²) in [6.45, 7) is 1.34. The summed E-state index contributed by atoms with van der Waals surface area (Å²) >= 11 is 0. The third-order valence-corrected chi connectivity index (χ3v) is 5.80. The van der Waals surface area contributed by atoms with Gasteiger partial charge in [-0.15, -0.1) is 0 Å². The Kier molecular flexibility index (Phi) is 7.93. The number of hydrogen-bond donors (Lipinski definition) is 5. The quantitative estimate of drug-likeness (QED) is 0.167. The van der Waals surface area contributed by atoms with E-state index in [1.165, 1.54) is 6.33 Å². The van der Waals surface area contributed by atoms with Crippen LogP contribution < -0.4 is 27.4 Å². The van der Waals surface area contributed by atoms with E-state index < -0.39 is 29.3 Å². The second kappa shape index (κ2) is 11.3. The summed E-state index contributed by atoms with van der Waals surface area (Å²) in [6.07, 6.45) is -3.32. The predicted molar refractivity (Wildman–Crippen MR) is 137 cm³/mol. The third-order valence-electron chi connectivity index (χ3n) is 5.80. The van der Waals surface area contributed by atoms with Crippen LogP contribution in [0.25, 0.3) is 16.6 Å². The van der Waals surface area contributed by atoms with Crippen LogP contribution in [0.2, 0.25) is 0 Å². The molecule has 0 bridgehead atoms. The molecule has 10 nitrogen and oxygen atoms in total. The highest BCUT2D eigenvalue weighted by atomic mass is 19.4. The van der Waals surface area contributed by atoms with E-state index in [2.05, 4.69) is 32.1 Å². The number of alkyl halides is 3. The van der Waals surface area contributed by atoms with E-state index >= 15 is 0 Å². The van der Waals surface area contributed by atoms with E-state index in [1.54, 1.807) is 28.8 Å². The number of nitrogen functional groups attached to an aromatic ring is 1. The third kappa shape index (κ3) is 5.89. The lowest BCUT2D eigenvalue weighted by molar-refractivity contribution is -0.137. The van der Waals surface area contributed by atoms with Gasteiger partial charge in [0.2, 0.25) is 0 Å². The maximum atomic E-state index is 14.0.